The smallest absolute Gasteiger partial charge is 0.248 e. The van der Waals surface area contributed by atoms with E-state index in [1.54, 1.807) is 0 Å². The van der Waals surface area contributed by atoms with Crippen molar-refractivity contribution in [3.63, 3.8) is 0 Å². The maximum atomic E-state index is 12.4. The Bertz CT molecular complexity index is 771. The summed E-state index contributed by atoms with van der Waals surface area (Å²) in [6.45, 7) is 19.4. The molecule has 4 saturated carbocycles. The number of nitrogens with zero attached hydrogens (tertiary/aromatic N) is 1. The molecule has 0 aromatic rings. The first-order valence-electron chi connectivity index (χ1n) is 15.4. The quantitative estimate of drug-likeness (QED) is 0.316. The van der Waals surface area contributed by atoms with Crippen LogP contribution in [0, 0.1) is 58.2 Å². The average Bonchev–Trinajstić information content (AvgIpc) is 3.15. The summed E-state index contributed by atoms with van der Waals surface area (Å²) in [5.74, 6) is 7.29. The third-order valence-corrected chi connectivity index (χ3v) is 12.2. The molecular weight excluding hydrogens is 426 g/mol. The van der Waals surface area contributed by atoms with E-state index in [1.165, 1.54) is 77.0 Å². The van der Waals surface area contributed by atoms with E-state index in [0.717, 1.165) is 48.0 Å². The van der Waals surface area contributed by atoms with Crippen molar-refractivity contribution in [2.45, 2.75) is 119 Å². The van der Waals surface area contributed by atoms with Crippen LogP contribution in [0.4, 0.5) is 0 Å². The molecule has 0 aromatic carbocycles. The molecule has 200 valence electrons. The molecule has 0 aromatic heterocycles. The SMILES string of the molecule is C=C(C)C(=O)N(C)C[C@H]1CC[C@@]2(C)[C@@H](CC[C@@H]3[C@@H]2CC[C@]2(C)[C@@H]([C@H](C)CCCC(C)C)CC[C@@H]32)C1. The van der Waals surface area contributed by atoms with Gasteiger partial charge in [0.25, 0.3) is 0 Å². The molecule has 0 radical (unpaired) electrons. The standard InChI is InChI=1S/C33H57NO/c1-22(2)10-9-11-24(5)28-14-15-29-27-13-12-26-20-25(21-34(8)31(35)23(3)4)16-18-32(26,6)30(27)17-19-33(28,29)7/h22,24-30H,3,9-21H2,1-2,4-8H3/t24-,25+,26+,27+,28-,29+,30+,32+,33-/m1/s1. The monoisotopic (exact) mass is 483 g/mol. The van der Waals surface area contributed by atoms with Crippen LogP contribution in [0.15, 0.2) is 12.2 Å². The lowest BCUT2D eigenvalue weighted by atomic mass is 9.44. The summed E-state index contributed by atoms with van der Waals surface area (Å²) in [5.41, 5.74) is 1.81. The number of hydrogen-bond acceptors (Lipinski definition) is 1. The summed E-state index contributed by atoms with van der Waals surface area (Å²) in [5, 5.41) is 0. The van der Waals surface area contributed by atoms with Crippen molar-refractivity contribution < 1.29 is 4.79 Å². The fourth-order valence-electron chi connectivity index (χ4n) is 10.3. The first kappa shape index (κ1) is 27.3. The van der Waals surface area contributed by atoms with Crippen LogP contribution in [0.2, 0.25) is 0 Å². The van der Waals surface area contributed by atoms with Crippen LogP contribution >= 0.6 is 0 Å². The topological polar surface area (TPSA) is 20.3 Å². The Kier molecular flexibility index (Phi) is 8.20. The number of amides is 1. The molecule has 9 atom stereocenters. The summed E-state index contributed by atoms with van der Waals surface area (Å²) in [7, 11) is 1.98. The first-order chi connectivity index (χ1) is 16.5. The molecule has 4 aliphatic rings. The molecule has 0 heterocycles. The normalized spacial score (nSPS) is 41.6. The Morgan fingerprint density at radius 1 is 0.943 bits per heavy atom. The molecular formula is C33H57NO. The molecule has 4 aliphatic carbocycles. The Balaban J connectivity index is 1.39. The lowest BCUT2D eigenvalue weighted by Gasteiger charge is -2.61. The van der Waals surface area contributed by atoms with Crippen LogP contribution in [-0.2, 0) is 4.79 Å². The van der Waals surface area contributed by atoms with Gasteiger partial charge in [-0.3, -0.25) is 4.79 Å². The van der Waals surface area contributed by atoms with Crippen molar-refractivity contribution in [3.05, 3.63) is 12.2 Å². The highest BCUT2D eigenvalue weighted by atomic mass is 16.2. The zero-order chi connectivity index (χ0) is 25.5. The van der Waals surface area contributed by atoms with Gasteiger partial charge in [0, 0.05) is 19.2 Å². The molecule has 35 heavy (non-hydrogen) atoms. The van der Waals surface area contributed by atoms with Gasteiger partial charge in [0.15, 0.2) is 0 Å². The zero-order valence-corrected chi connectivity index (χ0v) is 24.4. The average molecular weight is 484 g/mol. The maximum Gasteiger partial charge on any atom is 0.248 e. The van der Waals surface area contributed by atoms with Crippen LogP contribution in [0.3, 0.4) is 0 Å². The number of likely N-dealkylation sites (N-methyl/N-ethyl adjacent to an activating group) is 1. The highest BCUT2D eigenvalue weighted by molar-refractivity contribution is 5.91. The van der Waals surface area contributed by atoms with Gasteiger partial charge in [0.2, 0.25) is 5.91 Å². The Hall–Kier alpha value is -0.790. The molecule has 0 spiro atoms. The number of carbonyl (C=O) groups excluding carboxylic acids is 1. The van der Waals surface area contributed by atoms with Crippen LogP contribution in [-0.4, -0.2) is 24.4 Å². The van der Waals surface area contributed by atoms with Crippen LogP contribution in [0.25, 0.3) is 0 Å². The van der Waals surface area contributed by atoms with Crippen molar-refractivity contribution in [2.24, 2.45) is 58.2 Å². The van der Waals surface area contributed by atoms with E-state index in [4.69, 9.17) is 0 Å². The van der Waals surface area contributed by atoms with Gasteiger partial charge in [-0.2, -0.15) is 0 Å². The molecule has 0 saturated heterocycles. The molecule has 4 rings (SSSR count). The van der Waals surface area contributed by atoms with Gasteiger partial charge in [0.1, 0.15) is 0 Å². The molecule has 0 N–H and O–H groups in total. The lowest BCUT2D eigenvalue weighted by Crippen LogP contribution is -2.54. The van der Waals surface area contributed by atoms with Gasteiger partial charge in [-0.15, -0.1) is 0 Å². The molecule has 0 unspecified atom stereocenters. The van der Waals surface area contributed by atoms with E-state index in [0.29, 0.717) is 22.3 Å². The third kappa shape index (κ3) is 5.16. The highest BCUT2D eigenvalue weighted by Crippen LogP contribution is 2.68. The second-order valence-electron chi connectivity index (χ2n) is 14.8. The van der Waals surface area contributed by atoms with E-state index in [9.17, 15) is 4.79 Å². The van der Waals surface area contributed by atoms with E-state index in [2.05, 4.69) is 41.2 Å². The van der Waals surface area contributed by atoms with E-state index >= 15 is 0 Å². The fraction of sp³-hybridized carbons (Fsp3) is 0.909. The minimum Gasteiger partial charge on any atom is -0.342 e. The Morgan fingerprint density at radius 2 is 1.63 bits per heavy atom. The van der Waals surface area contributed by atoms with Gasteiger partial charge >= 0.3 is 0 Å². The third-order valence-electron chi connectivity index (χ3n) is 12.2. The fourth-order valence-corrected chi connectivity index (χ4v) is 10.3. The van der Waals surface area contributed by atoms with E-state index < -0.39 is 0 Å². The second kappa shape index (κ2) is 10.5. The Morgan fingerprint density at radius 3 is 2.31 bits per heavy atom. The van der Waals surface area contributed by atoms with Crippen molar-refractivity contribution in [1.82, 2.24) is 4.90 Å². The number of carbonyl (C=O) groups is 1. The second-order valence-corrected chi connectivity index (χ2v) is 14.8. The highest BCUT2D eigenvalue weighted by Gasteiger charge is 2.60. The molecule has 2 nitrogen and oxygen atoms in total. The predicted molar refractivity (Wildman–Crippen MR) is 149 cm³/mol. The number of rotatable bonds is 8. The van der Waals surface area contributed by atoms with Crippen molar-refractivity contribution in [1.29, 1.82) is 0 Å². The summed E-state index contributed by atoms with van der Waals surface area (Å²) in [4.78, 5) is 14.3. The summed E-state index contributed by atoms with van der Waals surface area (Å²) in [6, 6.07) is 0. The molecule has 1 amide bonds. The van der Waals surface area contributed by atoms with Crippen molar-refractivity contribution in [3.8, 4) is 0 Å². The first-order valence-corrected chi connectivity index (χ1v) is 15.4. The minimum absolute atomic E-state index is 0.128. The molecule has 4 fully saturated rings. The maximum absolute atomic E-state index is 12.4. The number of fused-ring (bicyclic) bond motifs is 5. The van der Waals surface area contributed by atoms with Crippen molar-refractivity contribution >= 4 is 5.91 Å². The van der Waals surface area contributed by atoms with Crippen molar-refractivity contribution in [2.75, 3.05) is 13.6 Å². The summed E-state index contributed by atoms with van der Waals surface area (Å²) < 4.78 is 0. The van der Waals surface area contributed by atoms with E-state index in [1.807, 2.05) is 18.9 Å². The van der Waals surface area contributed by atoms with Crippen LogP contribution in [0.5, 0.6) is 0 Å². The molecule has 2 heteroatoms. The zero-order valence-electron chi connectivity index (χ0n) is 24.4. The Labute approximate surface area is 218 Å². The van der Waals surface area contributed by atoms with Gasteiger partial charge in [-0.25, -0.2) is 0 Å². The predicted octanol–water partition coefficient (Wildman–Crippen LogP) is 8.76. The van der Waals surface area contributed by atoms with Gasteiger partial charge < -0.3 is 4.90 Å². The largest absolute Gasteiger partial charge is 0.342 e. The van der Waals surface area contributed by atoms with Gasteiger partial charge in [-0.1, -0.05) is 60.5 Å². The molecule has 0 bridgehead atoms. The number of hydrogen-bond donors (Lipinski definition) is 0. The van der Waals surface area contributed by atoms with Gasteiger partial charge in [-0.05, 0) is 123 Å². The lowest BCUT2D eigenvalue weighted by molar-refractivity contribution is -0.130. The summed E-state index contributed by atoms with van der Waals surface area (Å²) in [6.07, 6.45) is 17.2. The summed E-state index contributed by atoms with van der Waals surface area (Å²) >= 11 is 0. The van der Waals surface area contributed by atoms with Gasteiger partial charge in [0.05, 0.1) is 0 Å². The van der Waals surface area contributed by atoms with Crippen LogP contribution in [0.1, 0.15) is 119 Å². The van der Waals surface area contributed by atoms with Crippen LogP contribution < -0.4 is 0 Å². The minimum atomic E-state index is 0.128. The molecule has 0 aliphatic heterocycles. The van der Waals surface area contributed by atoms with E-state index in [-0.39, 0.29) is 5.91 Å².